The van der Waals surface area contributed by atoms with Crippen molar-refractivity contribution in [1.29, 1.82) is 0 Å². The number of ketones is 1. The number of ether oxygens (including phenoxy) is 2. The van der Waals surface area contributed by atoms with E-state index in [2.05, 4.69) is 9.84 Å². The molecule has 0 aliphatic carbocycles. The normalized spacial score (nSPS) is 10.6. The second-order valence-electron chi connectivity index (χ2n) is 5.37. The van der Waals surface area contributed by atoms with E-state index in [1.165, 1.54) is 18.0 Å². The zero-order valence-corrected chi connectivity index (χ0v) is 15.9. The molecule has 134 valence electrons. The predicted octanol–water partition coefficient (Wildman–Crippen LogP) is 3.61. The summed E-state index contributed by atoms with van der Waals surface area (Å²) < 4.78 is 11.5. The Morgan fingerprint density at radius 3 is 2.48 bits per heavy atom. The number of carbonyl (C=O) groups excluding carboxylic acids is 2. The highest BCUT2D eigenvalue weighted by molar-refractivity contribution is 6.39. The van der Waals surface area contributed by atoms with E-state index < -0.39 is 5.97 Å². The Kier molecular flexibility index (Phi) is 6.08. The quantitative estimate of drug-likeness (QED) is 0.561. The van der Waals surface area contributed by atoms with E-state index in [4.69, 9.17) is 27.9 Å². The summed E-state index contributed by atoms with van der Waals surface area (Å²) in [7, 11) is 1.26. The molecule has 1 aromatic carbocycles. The molecule has 8 heteroatoms. The average molecular weight is 385 g/mol. The maximum absolute atomic E-state index is 13.0. The third-order valence-corrected chi connectivity index (χ3v) is 4.80. The Labute approximate surface area is 155 Å². The third kappa shape index (κ3) is 3.80. The molecule has 0 aliphatic heterocycles. The standard InChI is InChI=1S/C17H18Cl2N2O4/c1-5-21-17(25-8-13(22)24-4)12(7-20-21)16(23)11-6-9(2)14(18)10(3)15(11)19/h6-7H,5,8H2,1-4H3. The molecule has 2 aromatic rings. The first-order valence-corrected chi connectivity index (χ1v) is 8.32. The van der Waals surface area contributed by atoms with Crippen LogP contribution in [0.2, 0.25) is 10.0 Å². The molecule has 0 fully saturated rings. The molecule has 1 aromatic heterocycles. The molecule has 0 spiro atoms. The molecule has 6 nitrogen and oxygen atoms in total. The van der Waals surface area contributed by atoms with Crippen LogP contribution in [0.4, 0.5) is 0 Å². The van der Waals surface area contributed by atoms with Crippen LogP contribution >= 0.6 is 23.2 Å². The van der Waals surface area contributed by atoms with Crippen molar-refractivity contribution in [3.63, 3.8) is 0 Å². The fraction of sp³-hybridized carbons (Fsp3) is 0.353. The lowest BCUT2D eigenvalue weighted by Gasteiger charge is -2.12. The SMILES string of the molecule is CCn1ncc(C(=O)c2cc(C)c(Cl)c(C)c2Cl)c1OCC(=O)OC. The molecule has 1 heterocycles. The lowest BCUT2D eigenvalue weighted by Crippen LogP contribution is -2.16. The summed E-state index contributed by atoms with van der Waals surface area (Å²) in [5, 5.41) is 4.93. The number of nitrogens with zero attached hydrogens (tertiary/aromatic N) is 2. The summed E-state index contributed by atoms with van der Waals surface area (Å²) in [6, 6.07) is 1.63. The number of benzene rings is 1. The molecule has 0 atom stereocenters. The first-order chi connectivity index (χ1) is 11.8. The monoisotopic (exact) mass is 384 g/mol. The first-order valence-electron chi connectivity index (χ1n) is 7.57. The maximum Gasteiger partial charge on any atom is 0.343 e. The predicted molar refractivity (Wildman–Crippen MR) is 94.8 cm³/mol. The molecular weight excluding hydrogens is 367 g/mol. The molecule has 0 saturated carbocycles. The van der Waals surface area contributed by atoms with Crippen LogP contribution in [0.1, 0.15) is 34.0 Å². The van der Waals surface area contributed by atoms with Crippen LogP contribution in [0.15, 0.2) is 12.3 Å². The molecule has 0 N–H and O–H groups in total. The van der Waals surface area contributed by atoms with Gasteiger partial charge in [0, 0.05) is 17.1 Å². The van der Waals surface area contributed by atoms with Gasteiger partial charge in [-0.15, -0.1) is 0 Å². The van der Waals surface area contributed by atoms with Crippen molar-refractivity contribution in [3.05, 3.63) is 44.6 Å². The maximum atomic E-state index is 13.0. The summed E-state index contributed by atoms with van der Waals surface area (Å²) in [4.78, 5) is 24.3. The fourth-order valence-corrected chi connectivity index (χ4v) is 2.77. The number of aromatic nitrogens is 2. The number of esters is 1. The van der Waals surface area contributed by atoms with Gasteiger partial charge in [0.05, 0.1) is 18.3 Å². The van der Waals surface area contributed by atoms with Gasteiger partial charge in [0.1, 0.15) is 5.56 Å². The van der Waals surface area contributed by atoms with E-state index in [9.17, 15) is 9.59 Å². The van der Waals surface area contributed by atoms with Crippen molar-refractivity contribution in [2.45, 2.75) is 27.3 Å². The van der Waals surface area contributed by atoms with Crippen LogP contribution in [0, 0.1) is 13.8 Å². The van der Waals surface area contributed by atoms with Gasteiger partial charge in [-0.3, -0.25) is 4.79 Å². The molecule has 0 unspecified atom stereocenters. The van der Waals surface area contributed by atoms with Crippen molar-refractivity contribution in [2.24, 2.45) is 0 Å². The van der Waals surface area contributed by atoms with Crippen LogP contribution in [0.5, 0.6) is 5.88 Å². The molecule has 2 rings (SSSR count). The van der Waals surface area contributed by atoms with Crippen molar-refractivity contribution >= 4 is 35.0 Å². The van der Waals surface area contributed by atoms with Crippen LogP contribution in [-0.4, -0.2) is 35.2 Å². The van der Waals surface area contributed by atoms with Gasteiger partial charge in [-0.05, 0) is 38.0 Å². The number of halogens is 2. The largest absolute Gasteiger partial charge is 0.466 e. The molecule has 0 saturated heterocycles. The molecule has 0 bridgehead atoms. The first kappa shape index (κ1) is 19.3. The smallest absolute Gasteiger partial charge is 0.343 e. The highest BCUT2D eigenvalue weighted by Gasteiger charge is 2.24. The lowest BCUT2D eigenvalue weighted by atomic mass is 10.0. The number of methoxy groups -OCH3 is 1. The molecule has 0 amide bonds. The van der Waals surface area contributed by atoms with Crippen LogP contribution in [0.3, 0.4) is 0 Å². The van der Waals surface area contributed by atoms with Gasteiger partial charge in [-0.2, -0.15) is 5.10 Å². The van der Waals surface area contributed by atoms with E-state index in [0.29, 0.717) is 22.7 Å². The Bertz CT molecular complexity index is 831. The minimum atomic E-state index is -0.557. The van der Waals surface area contributed by atoms with E-state index in [-0.39, 0.29) is 28.9 Å². The van der Waals surface area contributed by atoms with E-state index in [1.54, 1.807) is 19.9 Å². The minimum Gasteiger partial charge on any atom is -0.466 e. The van der Waals surface area contributed by atoms with Gasteiger partial charge in [0.25, 0.3) is 0 Å². The second-order valence-corrected chi connectivity index (χ2v) is 6.12. The number of hydrogen-bond acceptors (Lipinski definition) is 5. The van der Waals surface area contributed by atoms with Gasteiger partial charge in [-0.1, -0.05) is 23.2 Å². The van der Waals surface area contributed by atoms with Crippen molar-refractivity contribution in [2.75, 3.05) is 13.7 Å². The zero-order chi connectivity index (χ0) is 18.7. The van der Waals surface area contributed by atoms with Crippen molar-refractivity contribution in [3.8, 4) is 5.88 Å². The zero-order valence-electron chi connectivity index (χ0n) is 14.4. The topological polar surface area (TPSA) is 70.4 Å². The van der Waals surface area contributed by atoms with E-state index in [1.807, 2.05) is 6.92 Å². The molecule has 25 heavy (non-hydrogen) atoms. The van der Waals surface area contributed by atoms with Gasteiger partial charge < -0.3 is 9.47 Å². The summed E-state index contributed by atoms with van der Waals surface area (Å²) in [5.74, 6) is -0.717. The van der Waals surface area contributed by atoms with Crippen molar-refractivity contribution in [1.82, 2.24) is 9.78 Å². The molecular formula is C17H18Cl2N2O4. The van der Waals surface area contributed by atoms with Gasteiger partial charge in [-0.25, -0.2) is 9.48 Å². The lowest BCUT2D eigenvalue weighted by molar-refractivity contribution is -0.143. The highest BCUT2D eigenvalue weighted by Crippen LogP contribution is 2.33. The number of rotatable bonds is 6. The van der Waals surface area contributed by atoms with E-state index >= 15 is 0 Å². The van der Waals surface area contributed by atoms with Crippen LogP contribution in [0.25, 0.3) is 0 Å². The number of aryl methyl sites for hydroxylation is 2. The molecule has 0 aliphatic rings. The minimum absolute atomic E-state index is 0.194. The summed E-state index contributed by atoms with van der Waals surface area (Å²) >= 11 is 12.5. The van der Waals surface area contributed by atoms with Crippen LogP contribution < -0.4 is 4.74 Å². The van der Waals surface area contributed by atoms with Crippen LogP contribution in [-0.2, 0) is 16.1 Å². The number of hydrogen-bond donors (Lipinski definition) is 0. The Morgan fingerprint density at radius 2 is 1.88 bits per heavy atom. The Morgan fingerprint density at radius 1 is 1.20 bits per heavy atom. The second kappa shape index (κ2) is 7.89. The highest BCUT2D eigenvalue weighted by atomic mass is 35.5. The Hall–Kier alpha value is -2.05. The average Bonchev–Trinajstić information content (AvgIpc) is 3.03. The summed E-state index contributed by atoms with van der Waals surface area (Å²) in [6.45, 7) is 5.53. The molecule has 0 radical (unpaired) electrons. The van der Waals surface area contributed by atoms with E-state index in [0.717, 1.165) is 5.56 Å². The van der Waals surface area contributed by atoms with Gasteiger partial charge >= 0.3 is 5.97 Å². The summed E-state index contributed by atoms with van der Waals surface area (Å²) in [6.07, 6.45) is 1.40. The number of carbonyl (C=O) groups is 2. The Balaban J connectivity index is 2.47. The third-order valence-electron chi connectivity index (χ3n) is 3.74. The van der Waals surface area contributed by atoms with Crippen molar-refractivity contribution < 1.29 is 19.1 Å². The van der Waals surface area contributed by atoms with Gasteiger partial charge in [0.2, 0.25) is 11.7 Å². The van der Waals surface area contributed by atoms with Gasteiger partial charge in [0.15, 0.2) is 6.61 Å². The fourth-order valence-electron chi connectivity index (χ4n) is 2.34. The summed E-state index contributed by atoms with van der Waals surface area (Å²) in [5.41, 5.74) is 1.90.